The number of carbonyl (C=O) groups is 1. The van der Waals surface area contributed by atoms with Gasteiger partial charge in [-0.15, -0.1) is 0 Å². The van der Waals surface area contributed by atoms with Crippen LogP contribution >= 0.6 is 0 Å². The molecule has 0 aliphatic rings. The van der Waals surface area contributed by atoms with Gasteiger partial charge in [0.1, 0.15) is 5.75 Å². The van der Waals surface area contributed by atoms with Gasteiger partial charge >= 0.3 is 5.97 Å². The number of esters is 1. The van der Waals surface area contributed by atoms with Crippen molar-refractivity contribution >= 4 is 5.97 Å². The van der Waals surface area contributed by atoms with Gasteiger partial charge < -0.3 is 19.2 Å². The number of benzene rings is 1. The normalized spacial score (nSPS) is 10.4. The monoisotopic (exact) mass is 327 g/mol. The van der Waals surface area contributed by atoms with Gasteiger partial charge in [0.25, 0.3) is 5.89 Å². The summed E-state index contributed by atoms with van der Waals surface area (Å²) in [6.45, 7) is -0.165. The Morgan fingerprint density at radius 3 is 2.83 bits per heavy atom. The lowest BCUT2D eigenvalue weighted by molar-refractivity contribution is -0.605. The summed E-state index contributed by atoms with van der Waals surface area (Å²) in [6.07, 6.45) is 2.42. The van der Waals surface area contributed by atoms with Crippen molar-refractivity contribution in [3.05, 3.63) is 65.5 Å². The van der Waals surface area contributed by atoms with Crippen molar-refractivity contribution in [3.63, 3.8) is 0 Å². The summed E-state index contributed by atoms with van der Waals surface area (Å²) in [5.74, 6) is 0.616. The van der Waals surface area contributed by atoms with Crippen LogP contribution in [0.4, 0.5) is 0 Å². The second-order valence-corrected chi connectivity index (χ2v) is 4.77. The standard InChI is InChI=1S/C16H13N3O5/c1-22-13-4-2-3-12(9-13)15-17-14(24-18-15)10-23-16(20)11-5-7-19(21)8-6-11/h2-9H,10H2,1H3. The molecule has 0 spiro atoms. The summed E-state index contributed by atoms with van der Waals surface area (Å²) in [5, 5.41) is 14.8. The maximum atomic E-state index is 11.8. The molecule has 1 aromatic carbocycles. The minimum Gasteiger partial charge on any atom is -0.619 e. The number of aromatic nitrogens is 3. The number of ether oxygens (including phenoxy) is 2. The first-order valence-electron chi connectivity index (χ1n) is 6.98. The van der Waals surface area contributed by atoms with Gasteiger partial charge in [-0.25, -0.2) is 4.79 Å². The fraction of sp³-hybridized carbons (Fsp3) is 0.125. The lowest BCUT2D eigenvalue weighted by atomic mass is 10.2. The highest BCUT2D eigenvalue weighted by molar-refractivity contribution is 5.88. The molecule has 0 aliphatic heterocycles. The SMILES string of the molecule is COc1cccc(-c2noc(COC(=O)c3cc[n+]([O-])cc3)n2)c1. The zero-order valence-electron chi connectivity index (χ0n) is 12.7. The lowest BCUT2D eigenvalue weighted by Gasteiger charge is -2.01. The predicted octanol–water partition coefficient (Wildman–Crippen LogP) is 1.74. The number of hydrogen-bond donors (Lipinski definition) is 0. The molecule has 2 aromatic heterocycles. The molecule has 0 fully saturated rings. The zero-order chi connectivity index (χ0) is 16.9. The second-order valence-electron chi connectivity index (χ2n) is 4.77. The van der Waals surface area contributed by atoms with Crippen molar-refractivity contribution in [1.82, 2.24) is 10.1 Å². The van der Waals surface area contributed by atoms with Gasteiger partial charge in [-0.3, -0.25) is 0 Å². The molecule has 24 heavy (non-hydrogen) atoms. The van der Waals surface area contributed by atoms with Crippen molar-refractivity contribution in [1.29, 1.82) is 0 Å². The molecule has 0 bridgehead atoms. The minimum atomic E-state index is -0.586. The highest BCUT2D eigenvalue weighted by Gasteiger charge is 2.13. The van der Waals surface area contributed by atoms with Crippen LogP contribution in [0.3, 0.4) is 0 Å². The van der Waals surface area contributed by atoms with Crippen molar-refractivity contribution in [3.8, 4) is 17.1 Å². The quantitative estimate of drug-likeness (QED) is 0.399. The first kappa shape index (κ1) is 15.5. The van der Waals surface area contributed by atoms with Crippen LogP contribution in [0.5, 0.6) is 5.75 Å². The van der Waals surface area contributed by atoms with E-state index in [0.717, 1.165) is 5.56 Å². The maximum Gasteiger partial charge on any atom is 0.339 e. The smallest absolute Gasteiger partial charge is 0.339 e. The van der Waals surface area contributed by atoms with Gasteiger partial charge in [0.05, 0.1) is 12.7 Å². The maximum absolute atomic E-state index is 11.8. The molecule has 0 N–H and O–H groups in total. The summed E-state index contributed by atoms with van der Waals surface area (Å²) >= 11 is 0. The van der Waals surface area contributed by atoms with E-state index in [2.05, 4.69) is 10.1 Å². The van der Waals surface area contributed by atoms with Gasteiger partial charge in [-0.05, 0) is 12.1 Å². The van der Waals surface area contributed by atoms with Crippen molar-refractivity contribution in [2.24, 2.45) is 0 Å². The van der Waals surface area contributed by atoms with Crippen LogP contribution in [-0.2, 0) is 11.3 Å². The van der Waals surface area contributed by atoms with Crippen LogP contribution in [0.1, 0.15) is 16.2 Å². The fourth-order valence-electron chi connectivity index (χ4n) is 1.95. The minimum absolute atomic E-state index is 0.163. The van der Waals surface area contributed by atoms with E-state index in [4.69, 9.17) is 14.0 Å². The third-order valence-electron chi connectivity index (χ3n) is 3.16. The highest BCUT2D eigenvalue weighted by atomic mass is 16.6. The van der Waals surface area contributed by atoms with Crippen LogP contribution in [-0.4, -0.2) is 23.2 Å². The molecule has 3 aromatic rings. The molecule has 8 nitrogen and oxygen atoms in total. The molecule has 122 valence electrons. The van der Waals surface area contributed by atoms with E-state index in [9.17, 15) is 10.0 Å². The molecular weight excluding hydrogens is 314 g/mol. The van der Waals surface area contributed by atoms with Gasteiger partial charge in [-0.2, -0.15) is 9.71 Å². The van der Waals surface area contributed by atoms with Crippen molar-refractivity contribution in [2.75, 3.05) is 7.11 Å². The van der Waals surface area contributed by atoms with Gasteiger partial charge in [0.15, 0.2) is 19.0 Å². The first-order chi connectivity index (χ1) is 11.7. The Bertz CT molecular complexity index is 845. The number of nitrogens with zero attached hydrogens (tertiary/aromatic N) is 3. The molecule has 2 heterocycles. The van der Waals surface area contributed by atoms with Crippen LogP contribution in [0, 0.1) is 5.21 Å². The third-order valence-corrected chi connectivity index (χ3v) is 3.16. The first-order valence-corrected chi connectivity index (χ1v) is 6.98. The van der Waals surface area contributed by atoms with E-state index in [1.54, 1.807) is 19.2 Å². The Morgan fingerprint density at radius 2 is 2.08 bits per heavy atom. The van der Waals surface area contributed by atoms with E-state index >= 15 is 0 Å². The summed E-state index contributed by atoms with van der Waals surface area (Å²) in [7, 11) is 1.57. The Kier molecular flexibility index (Phi) is 4.37. The Labute approximate surface area is 136 Å². The number of methoxy groups -OCH3 is 1. The molecule has 0 aliphatic carbocycles. The summed E-state index contributed by atoms with van der Waals surface area (Å²) < 4.78 is 15.9. The molecule has 0 radical (unpaired) electrons. The van der Waals surface area contributed by atoms with Gasteiger partial charge in [0, 0.05) is 17.7 Å². The van der Waals surface area contributed by atoms with Crippen LogP contribution in [0.15, 0.2) is 53.3 Å². The van der Waals surface area contributed by atoms with E-state index in [1.165, 1.54) is 24.5 Å². The third kappa shape index (κ3) is 3.49. The number of hydrogen-bond acceptors (Lipinski definition) is 7. The number of pyridine rings is 1. The zero-order valence-corrected chi connectivity index (χ0v) is 12.7. The van der Waals surface area contributed by atoms with Gasteiger partial charge in [-0.1, -0.05) is 17.3 Å². The van der Waals surface area contributed by atoms with Gasteiger partial charge in [0.2, 0.25) is 5.82 Å². The fourth-order valence-corrected chi connectivity index (χ4v) is 1.95. The largest absolute Gasteiger partial charge is 0.619 e. The van der Waals surface area contributed by atoms with E-state index in [-0.39, 0.29) is 18.1 Å². The molecule has 0 unspecified atom stereocenters. The average Bonchev–Trinajstić information content (AvgIpc) is 3.09. The molecule has 3 rings (SSSR count). The Morgan fingerprint density at radius 1 is 1.29 bits per heavy atom. The Hall–Kier alpha value is -3.42. The second kappa shape index (κ2) is 6.78. The van der Waals surface area contributed by atoms with E-state index < -0.39 is 5.97 Å². The van der Waals surface area contributed by atoms with E-state index in [0.29, 0.717) is 16.3 Å². The molecule has 0 saturated carbocycles. The molecule has 0 amide bonds. The molecule has 0 saturated heterocycles. The molecule has 8 heteroatoms. The summed E-state index contributed by atoms with van der Waals surface area (Å²) in [6, 6.07) is 9.92. The Balaban J connectivity index is 1.65. The average molecular weight is 327 g/mol. The van der Waals surface area contributed by atoms with Crippen LogP contribution < -0.4 is 9.47 Å². The summed E-state index contributed by atoms with van der Waals surface area (Å²) in [4.78, 5) is 16.0. The lowest BCUT2D eigenvalue weighted by Crippen LogP contribution is -2.24. The highest BCUT2D eigenvalue weighted by Crippen LogP contribution is 2.21. The van der Waals surface area contributed by atoms with Crippen molar-refractivity contribution < 1.29 is 23.5 Å². The topological polar surface area (TPSA) is 101 Å². The predicted molar refractivity (Wildman–Crippen MR) is 80.8 cm³/mol. The van der Waals surface area contributed by atoms with Crippen LogP contribution in [0.2, 0.25) is 0 Å². The molecule has 0 atom stereocenters. The molecular formula is C16H13N3O5. The van der Waals surface area contributed by atoms with E-state index in [1.807, 2.05) is 12.1 Å². The summed E-state index contributed by atoms with van der Waals surface area (Å²) in [5.41, 5.74) is 0.980. The van der Waals surface area contributed by atoms with Crippen LogP contribution in [0.25, 0.3) is 11.4 Å². The number of rotatable bonds is 5. The van der Waals surface area contributed by atoms with Crippen molar-refractivity contribution in [2.45, 2.75) is 6.61 Å². The number of carbonyl (C=O) groups excluding carboxylic acids is 1.